The van der Waals surface area contributed by atoms with E-state index in [1.807, 2.05) is 13.8 Å². The molecule has 0 aliphatic heterocycles. The van der Waals surface area contributed by atoms with Gasteiger partial charge in [-0.2, -0.15) is 0 Å². The molecule has 0 aliphatic rings. The van der Waals surface area contributed by atoms with Gasteiger partial charge < -0.3 is 10.1 Å². The number of nitrogens with one attached hydrogen (secondary N) is 1. The molecule has 0 radical (unpaired) electrons. The van der Waals surface area contributed by atoms with Gasteiger partial charge in [0.25, 0.3) is 15.0 Å². The fourth-order valence-electron chi connectivity index (χ4n) is 1.76. The number of amides is 1. The number of carbonyl (C=O) groups excluding carboxylic acids is 1. The van der Waals surface area contributed by atoms with E-state index in [0.29, 0.717) is 24.3 Å². The molecule has 1 rings (SSSR count). The summed E-state index contributed by atoms with van der Waals surface area (Å²) >= 11 is 0. The van der Waals surface area contributed by atoms with Crippen molar-refractivity contribution in [2.24, 2.45) is 0 Å². The molecule has 0 heterocycles. The smallest absolute Gasteiger partial charge is 0.261 e. The van der Waals surface area contributed by atoms with E-state index in [4.69, 9.17) is 15.4 Å². The van der Waals surface area contributed by atoms with Crippen LogP contribution in [-0.4, -0.2) is 33.6 Å². The Labute approximate surface area is 130 Å². The summed E-state index contributed by atoms with van der Waals surface area (Å²) in [6, 6.07) is 2.75. The van der Waals surface area contributed by atoms with Gasteiger partial charge in [0.05, 0.1) is 17.6 Å². The zero-order valence-electron chi connectivity index (χ0n) is 12.6. The van der Waals surface area contributed by atoms with Crippen molar-refractivity contribution in [3.05, 3.63) is 28.8 Å². The van der Waals surface area contributed by atoms with E-state index in [2.05, 4.69) is 5.32 Å². The minimum absolute atomic E-state index is 0.0733. The first-order chi connectivity index (χ1) is 9.62. The molecule has 21 heavy (non-hydrogen) atoms. The van der Waals surface area contributed by atoms with E-state index in [1.54, 1.807) is 13.8 Å². The molecule has 1 N–H and O–H groups in total. The van der Waals surface area contributed by atoms with Gasteiger partial charge in [0, 0.05) is 22.8 Å². The Balaban J connectivity index is 2.91. The number of carbonyl (C=O) groups is 1. The predicted molar refractivity (Wildman–Crippen MR) is 82.4 cm³/mol. The van der Waals surface area contributed by atoms with Crippen molar-refractivity contribution in [1.29, 1.82) is 0 Å². The molecule has 0 atom stereocenters. The second-order valence-corrected chi connectivity index (χ2v) is 7.59. The second-order valence-electron chi connectivity index (χ2n) is 5.03. The van der Waals surface area contributed by atoms with Gasteiger partial charge in [-0.25, -0.2) is 8.42 Å². The van der Waals surface area contributed by atoms with Crippen LogP contribution in [-0.2, 0) is 13.8 Å². The van der Waals surface area contributed by atoms with Crippen LogP contribution in [0.25, 0.3) is 0 Å². The monoisotopic (exact) mass is 333 g/mol. The standard InChI is InChI=1S/C14H20ClNO4S/c1-9(2)20-6-5-16-14(17)13-8-12(21(15,18)19)7-10(3)11(13)4/h7-9H,5-6H2,1-4H3,(H,16,17). The van der Waals surface area contributed by atoms with Crippen molar-refractivity contribution in [3.8, 4) is 0 Å². The van der Waals surface area contributed by atoms with E-state index in [-0.39, 0.29) is 16.9 Å². The molecule has 0 fully saturated rings. The number of aryl methyl sites for hydroxylation is 1. The van der Waals surface area contributed by atoms with Crippen LogP contribution in [0.3, 0.4) is 0 Å². The van der Waals surface area contributed by atoms with Crippen LogP contribution in [0.1, 0.15) is 35.3 Å². The average Bonchev–Trinajstić information content (AvgIpc) is 2.35. The third kappa shape index (κ3) is 5.30. The van der Waals surface area contributed by atoms with Gasteiger partial charge in [0.15, 0.2) is 0 Å². The van der Waals surface area contributed by atoms with Gasteiger partial charge in [-0.1, -0.05) is 0 Å². The Hall–Kier alpha value is -1.11. The zero-order chi connectivity index (χ0) is 16.2. The molecule has 0 aliphatic carbocycles. The third-order valence-electron chi connectivity index (χ3n) is 3.01. The summed E-state index contributed by atoms with van der Waals surface area (Å²) in [6.45, 7) is 8.07. The van der Waals surface area contributed by atoms with Gasteiger partial charge in [-0.05, 0) is 51.0 Å². The summed E-state index contributed by atoms with van der Waals surface area (Å²) in [5, 5.41) is 2.70. The van der Waals surface area contributed by atoms with Crippen LogP contribution in [0.2, 0.25) is 0 Å². The van der Waals surface area contributed by atoms with Gasteiger partial charge in [-0.3, -0.25) is 4.79 Å². The maximum absolute atomic E-state index is 12.1. The fraction of sp³-hybridized carbons (Fsp3) is 0.500. The van der Waals surface area contributed by atoms with Gasteiger partial charge in [-0.15, -0.1) is 0 Å². The lowest BCUT2D eigenvalue weighted by molar-refractivity contribution is 0.0746. The number of hydrogen-bond donors (Lipinski definition) is 1. The molecule has 0 aromatic heterocycles. The van der Waals surface area contributed by atoms with Gasteiger partial charge in [0.2, 0.25) is 0 Å². The van der Waals surface area contributed by atoms with E-state index in [1.165, 1.54) is 12.1 Å². The molecular weight excluding hydrogens is 314 g/mol. The maximum Gasteiger partial charge on any atom is 0.261 e. The lowest BCUT2D eigenvalue weighted by Gasteiger charge is -2.12. The summed E-state index contributed by atoms with van der Waals surface area (Å²) in [5.41, 5.74) is 1.72. The molecule has 0 spiro atoms. The number of ether oxygens (including phenoxy) is 1. The van der Waals surface area contributed by atoms with Crippen LogP contribution in [0.15, 0.2) is 17.0 Å². The van der Waals surface area contributed by atoms with Crippen LogP contribution in [0.5, 0.6) is 0 Å². The minimum Gasteiger partial charge on any atom is -0.377 e. The highest BCUT2D eigenvalue weighted by atomic mass is 35.7. The van der Waals surface area contributed by atoms with Crippen LogP contribution in [0.4, 0.5) is 0 Å². The minimum atomic E-state index is -3.87. The van der Waals surface area contributed by atoms with Crippen molar-refractivity contribution in [3.63, 3.8) is 0 Å². The Kier molecular flexibility index (Phi) is 6.19. The molecule has 1 aromatic rings. The highest BCUT2D eigenvalue weighted by molar-refractivity contribution is 8.13. The largest absolute Gasteiger partial charge is 0.377 e. The first kappa shape index (κ1) is 17.9. The summed E-state index contributed by atoms with van der Waals surface area (Å²) in [7, 11) is 1.47. The van der Waals surface area contributed by atoms with Crippen LogP contribution >= 0.6 is 10.7 Å². The Morgan fingerprint density at radius 1 is 1.33 bits per heavy atom. The molecule has 118 valence electrons. The molecule has 0 unspecified atom stereocenters. The lowest BCUT2D eigenvalue weighted by Crippen LogP contribution is -2.29. The van der Waals surface area contributed by atoms with Crippen LogP contribution in [0, 0.1) is 13.8 Å². The summed E-state index contributed by atoms with van der Waals surface area (Å²) in [5.74, 6) is -0.342. The van der Waals surface area contributed by atoms with Crippen LogP contribution < -0.4 is 5.32 Å². The quantitative estimate of drug-likeness (QED) is 0.641. The number of halogens is 1. The normalized spacial score (nSPS) is 11.7. The first-order valence-electron chi connectivity index (χ1n) is 6.58. The Morgan fingerprint density at radius 3 is 2.48 bits per heavy atom. The van der Waals surface area contributed by atoms with E-state index in [9.17, 15) is 13.2 Å². The highest BCUT2D eigenvalue weighted by Gasteiger charge is 2.17. The zero-order valence-corrected chi connectivity index (χ0v) is 14.1. The molecule has 0 bridgehead atoms. The van der Waals surface area contributed by atoms with Crippen molar-refractivity contribution in [1.82, 2.24) is 5.32 Å². The Bertz CT molecular complexity index is 626. The SMILES string of the molecule is Cc1cc(S(=O)(=O)Cl)cc(C(=O)NCCOC(C)C)c1C. The Morgan fingerprint density at radius 2 is 1.95 bits per heavy atom. The number of rotatable bonds is 6. The van der Waals surface area contributed by atoms with Crippen molar-refractivity contribution in [2.45, 2.75) is 38.7 Å². The molecular formula is C14H20ClNO4S. The summed E-state index contributed by atoms with van der Waals surface area (Å²) < 4.78 is 28.2. The number of hydrogen-bond acceptors (Lipinski definition) is 4. The highest BCUT2D eigenvalue weighted by Crippen LogP contribution is 2.22. The predicted octanol–water partition coefficient (Wildman–Crippen LogP) is 2.39. The fourth-order valence-corrected chi connectivity index (χ4v) is 2.60. The molecule has 0 saturated heterocycles. The second kappa shape index (κ2) is 7.24. The summed E-state index contributed by atoms with van der Waals surface area (Å²) in [6.07, 6.45) is 0.0931. The van der Waals surface area contributed by atoms with Gasteiger partial charge in [0.1, 0.15) is 0 Å². The van der Waals surface area contributed by atoms with E-state index in [0.717, 1.165) is 5.56 Å². The molecule has 5 nitrogen and oxygen atoms in total. The van der Waals surface area contributed by atoms with Crippen molar-refractivity contribution < 1.29 is 17.9 Å². The third-order valence-corrected chi connectivity index (χ3v) is 4.34. The van der Waals surface area contributed by atoms with E-state index < -0.39 is 9.05 Å². The first-order valence-corrected chi connectivity index (χ1v) is 8.89. The summed E-state index contributed by atoms with van der Waals surface area (Å²) in [4.78, 5) is 12.1. The topological polar surface area (TPSA) is 72.5 Å². The molecule has 1 amide bonds. The molecule has 7 heteroatoms. The average molecular weight is 334 g/mol. The molecule has 0 saturated carbocycles. The van der Waals surface area contributed by atoms with Gasteiger partial charge >= 0.3 is 0 Å². The molecule has 1 aromatic carbocycles. The maximum atomic E-state index is 12.1. The van der Waals surface area contributed by atoms with Crippen molar-refractivity contribution in [2.75, 3.05) is 13.2 Å². The van der Waals surface area contributed by atoms with Crippen molar-refractivity contribution >= 4 is 25.6 Å². The number of benzene rings is 1. The van der Waals surface area contributed by atoms with E-state index >= 15 is 0 Å². The lowest BCUT2D eigenvalue weighted by atomic mass is 10.0.